The lowest BCUT2D eigenvalue weighted by Gasteiger charge is -2.05. The first-order chi connectivity index (χ1) is 11.5. The highest BCUT2D eigenvalue weighted by Crippen LogP contribution is 2.32. The molecule has 124 valence electrons. The van der Waals surface area contributed by atoms with Crippen molar-refractivity contribution in [3.8, 4) is 17.2 Å². The van der Waals surface area contributed by atoms with E-state index < -0.39 is 11.5 Å². The highest BCUT2D eigenvalue weighted by atomic mass is 16.7. The third-order valence-electron chi connectivity index (χ3n) is 3.38. The Morgan fingerprint density at radius 1 is 1.25 bits per heavy atom. The number of fused-ring (bicyclic) bond motifs is 1. The number of aryl methyl sites for hydroxylation is 1. The van der Waals surface area contributed by atoms with Gasteiger partial charge in [0.15, 0.2) is 11.5 Å². The Kier molecular flexibility index (Phi) is 3.95. The Morgan fingerprint density at radius 2 is 2.00 bits per heavy atom. The number of amides is 1. The van der Waals surface area contributed by atoms with E-state index in [0.717, 1.165) is 0 Å². The Morgan fingerprint density at radius 3 is 2.75 bits per heavy atom. The van der Waals surface area contributed by atoms with Crippen LogP contribution in [0.2, 0.25) is 0 Å². The molecule has 0 fully saturated rings. The number of hydrazone groups is 1. The molecule has 2 heterocycles. The molecule has 0 unspecified atom stereocenters. The van der Waals surface area contributed by atoms with Crippen LogP contribution in [0, 0.1) is 6.92 Å². The molecule has 24 heavy (non-hydrogen) atoms. The molecule has 0 spiro atoms. The molecule has 0 saturated heterocycles. The molecule has 0 aliphatic carbocycles. The average Bonchev–Trinajstić information content (AvgIpc) is 2.99. The second-order valence-electron chi connectivity index (χ2n) is 5.11. The minimum absolute atomic E-state index is 0.105. The van der Waals surface area contributed by atoms with E-state index in [2.05, 4.69) is 10.5 Å². The lowest BCUT2D eigenvalue weighted by atomic mass is 10.2. The number of rotatable bonds is 3. The predicted octanol–water partition coefficient (Wildman–Crippen LogP) is 1.54. The first-order valence-corrected chi connectivity index (χ1v) is 7.04. The van der Waals surface area contributed by atoms with Crippen molar-refractivity contribution in [3.05, 3.63) is 51.6 Å². The van der Waals surface area contributed by atoms with E-state index in [4.69, 9.17) is 13.9 Å². The fourth-order valence-electron chi connectivity index (χ4n) is 2.22. The van der Waals surface area contributed by atoms with E-state index in [0.29, 0.717) is 17.1 Å². The van der Waals surface area contributed by atoms with Crippen LogP contribution in [-0.4, -0.2) is 23.5 Å². The summed E-state index contributed by atoms with van der Waals surface area (Å²) in [5, 5.41) is 13.7. The maximum Gasteiger partial charge on any atom is 0.348 e. The molecule has 1 aliphatic heterocycles. The van der Waals surface area contributed by atoms with Crippen molar-refractivity contribution in [2.24, 2.45) is 5.10 Å². The van der Waals surface area contributed by atoms with Crippen molar-refractivity contribution in [2.75, 3.05) is 6.79 Å². The van der Waals surface area contributed by atoms with Crippen molar-refractivity contribution >= 4 is 11.6 Å². The highest BCUT2D eigenvalue weighted by Gasteiger charge is 2.17. The van der Waals surface area contributed by atoms with Gasteiger partial charge in [-0.3, -0.25) is 4.79 Å². The Labute approximate surface area is 136 Å². The van der Waals surface area contributed by atoms with Crippen LogP contribution in [-0.2, 0) is 0 Å². The van der Waals surface area contributed by atoms with Crippen LogP contribution < -0.4 is 20.5 Å². The lowest BCUT2D eigenvalue weighted by Crippen LogP contribution is -2.21. The molecule has 0 atom stereocenters. The lowest BCUT2D eigenvalue weighted by molar-refractivity contribution is 0.0954. The van der Waals surface area contributed by atoms with Crippen molar-refractivity contribution in [1.82, 2.24) is 5.43 Å². The van der Waals surface area contributed by atoms with Gasteiger partial charge < -0.3 is 19.0 Å². The summed E-state index contributed by atoms with van der Waals surface area (Å²) in [5.74, 6) is 0.554. The number of benzene rings is 1. The highest BCUT2D eigenvalue weighted by molar-refractivity contribution is 6.02. The van der Waals surface area contributed by atoms with Gasteiger partial charge in [0.25, 0.3) is 5.91 Å². The molecular formula is C16H14N2O6. The average molecular weight is 330 g/mol. The van der Waals surface area contributed by atoms with E-state index in [-0.39, 0.29) is 29.6 Å². The van der Waals surface area contributed by atoms with Gasteiger partial charge in [0.05, 0.1) is 5.71 Å². The number of aromatic hydroxyl groups is 1. The first kappa shape index (κ1) is 15.6. The summed E-state index contributed by atoms with van der Waals surface area (Å²) in [4.78, 5) is 23.9. The van der Waals surface area contributed by atoms with Gasteiger partial charge in [-0.05, 0) is 32.0 Å². The van der Waals surface area contributed by atoms with E-state index in [1.165, 1.54) is 19.1 Å². The van der Waals surface area contributed by atoms with E-state index >= 15 is 0 Å². The summed E-state index contributed by atoms with van der Waals surface area (Å²) >= 11 is 0. The third-order valence-corrected chi connectivity index (χ3v) is 3.38. The van der Waals surface area contributed by atoms with Crippen molar-refractivity contribution in [2.45, 2.75) is 13.8 Å². The van der Waals surface area contributed by atoms with Crippen molar-refractivity contribution in [3.63, 3.8) is 0 Å². The minimum Gasteiger partial charge on any atom is -0.507 e. The van der Waals surface area contributed by atoms with Crippen LogP contribution in [0.3, 0.4) is 0 Å². The molecule has 8 heteroatoms. The summed E-state index contributed by atoms with van der Waals surface area (Å²) in [6, 6.07) is 6.01. The Hall–Kier alpha value is -3.29. The number of ether oxygens (including phenoxy) is 2. The second-order valence-corrected chi connectivity index (χ2v) is 5.11. The van der Waals surface area contributed by atoms with Crippen LogP contribution in [0.25, 0.3) is 0 Å². The maximum atomic E-state index is 12.1. The fraction of sp³-hybridized carbons (Fsp3) is 0.188. The van der Waals surface area contributed by atoms with E-state index in [1.807, 2.05) is 0 Å². The molecule has 2 N–H and O–H groups in total. The maximum absolute atomic E-state index is 12.1. The zero-order valence-electron chi connectivity index (χ0n) is 13.0. The largest absolute Gasteiger partial charge is 0.507 e. The molecule has 0 saturated carbocycles. The monoisotopic (exact) mass is 330 g/mol. The Bertz CT molecular complexity index is 900. The molecule has 2 aromatic rings. The smallest absolute Gasteiger partial charge is 0.348 e. The summed E-state index contributed by atoms with van der Waals surface area (Å²) in [6.07, 6.45) is 0. The SMILES string of the molecule is CC(=NNC(=O)c1ccc2c(c1)OCO2)c1c(O)cc(C)oc1=O. The second kappa shape index (κ2) is 6.07. The van der Waals surface area contributed by atoms with Gasteiger partial charge in [-0.2, -0.15) is 5.10 Å². The summed E-state index contributed by atoms with van der Waals surface area (Å²) < 4.78 is 15.3. The van der Waals surface area contributed by atoms with Gasteiger partial charge in [0, 0.05) is 11.6 Å². The number of carbonyl (C=O) groups excluding carboxylic acids is 1. The summed E-state index contributed by atoms with van der Waals surface area (Å²) in [5.41, 5.74) is 1.92. The normalized spacial score (nSPS) is 13.0. The fourth-order valence-corrected chi connectivity index (χ4v) is 2.22. The van der Waals surface area contributed by atoms with Gasteiger partial charge in [0.1, 0.15) is 17.1 Å². The molecule has 8 nitrogen and oxygen atoms in total. The van der Waals surface area contributed by atoms with Crippen molar-refractivity contribution in [1.29, 1.82) is 0 Å². The van der Waals surface area contributed by atoms with Crippen LogP contribution >= 0.6 is 0 Å². The minimum atomic E-state index is -0.730. The number of carbonyl (C=O) groups is 1. The van der Waals surface area contributed by atoms with Gasteiger partial charge in [-0.25, -0.2) is 10.2 Å². The Balaban J connectivity index is 1.80. The van der Waals surface area contributed by atoms with Crippen LogP contribution in [0.4, 0.5) is 0 Å². The molecule has 0 radical (unpaired) electrons. The first-order valence-electron chi connectivity index (χ1n) is 7.04. The third kappa shape index (κ3) is 2.94. The van der Waals surface area contributed by atoms with E-state index in [1.54, 1.807) is 19.1 Å². The van der Waals surface area contributed by atoms with Gasteiger partial charge in [-0.1, -0.05) is 0 Å². The molecular weight excluding hydrogens is 316 g/mol. The number of nitrogens with one attached hydrogen (secondary N) is 1. The zero-order chi connectivity index (χ0) is 17.3. The molecule has 0 bridgehead atoms. The molecule has 1 aromatic carbocycles. The van der Waals surface area contributed by atoms with Crippen LogP contribution in [0.15, 0.2) is 38.6 Å². The summed E-state index contributed by atoms with van der Waals surface area (Å²) in [6.45, 7) is 3.13. The topological polar surface area (TPSA) is 110 Å². The van der Waals surface area contributed by atoms with Crippen LogP contribution in [0.1, 0.15) is 28.6 Å². The molecule has 1 amide bonds. The van der Waals surface area contributed by atoms with Crippen LogP contribution in [0.5, 0.6) is 17.2 Å². The van der Waals surface area contributed by atoms with Gasteiger partial charge in [0.2, 0.25) is 6.79 Å². The van der Waals surface area contributed by atoms with E-state index in [9.17, 15) is 14.7 Å². The number of hydrogen-bond donors (Lipinski definition) is 2. The molecule has 3 rings (SSSR count). The number of nitrogens with zero attached hydrogens (tertiary/aromatic N) is 1. The quantitative estimate of drug-likeness (QED) is 0.652. The van der Waals surface area contributed by atoms with Gasteiger partial charge >= 0.3 is 5.63 Å². The van der Waals surface area contributed by atoms with Gasteiger partial charge in [-0.15, -0.1) is 0 Å². The molecule has 1 aliphatic rings. The standard InChI is InChI=1S/C16H14N2O6/c1-8-5-11(19)14(16(21)24-8)9(2)17-18-15(20)10-3-4-12-13(6-10)23-7-22-12/h3-6,19H,7H2,1-2H3,(H,18,20). The summed E-state index contributed by atoms with van der Waals surface area (Å²) in [7, 11) is 0. The molecule has 1 aromatic heterocycles. The van der Waals surface area contributed by atoms with Crippen molar-refractivity contribution < 1.29 is 23.8 Å². The predicted molar refractivity (Wildman–Crippen MR) is 83.6 cm³/mol. The number of hydrogen-bond acceptors (Lipinski definition) is 7. The zero-order valence-corrected chi connectivity index (χ0v) is 13.0.